The van der Waals surface area contributed by atoms with Gasteiger partial charge in [-0.25, -0.2) is 4.89 Å². The Labute approximate surface area is 243 Å². The molecule has 0 bridgehead atoms. The zero-order valence-corrected chi connectivity index (χ0v) is 26.1. The summed E-state index contributed by atoms with van der Waals surface area (Å²) in [6.45, 7) is 15.7. The lowest BCUT2D eigenvalue weighted by atomic mass is 9.85. The Balaban J connectivity index is 1.97. The highest BCUT2D eigenvalue weighted by atomic mass is 17.1. The van der Waals surface area contributed by atoms with Gasteiger partial charge in [0.15, 0.2) is 0 Å². The summed E-state index contributed by atoms with van der Waals surface area (Å²) in [7, 11) is 0. The van der Waals surface area contributed by atoms with E-state index in [4.69, 9.17) is 14.4 Å². The second-order valence-electron chi connectivity index (χ2n) is 13.1. The number of esters is 1. The largest absolute Gasteiger partial charge is 0.490 e. The molecule has 0 spiro atoms. The van der Waals surface area contributed by atoms with Crippen LogP contribution in [0.2, 0.25) is 0 Å². The van der Waals surface area contributed by atoms with Gasteiger partial charge in [-0.2, -0.15) is 0 Å². The van der Waals surface area contributed by atoms with Crippen molar-refractivity contribution in [3.05, 3.63) is 65.2 Å². The fourth-order valence-corrected chi connectivity index (χ4v) is 4.86. The first-order valence-electron chi connectivity index (χ1n) is 15.2. The van der Waals surface area contributed by atoms with Gasteiger partial charge >= 0.3 is 5.97 Å². The van der Waals surface area contributed by atoms with E-state index < -0.39 is 12.0 Å². The van der Waals surface area contributed by atoms with E-state index in [-0.39, 0.29) is 30.0 Å². The Kier molecular flexibility index (Phi) is 14.2. The van der Waals surface area contributed by atoms with Crippen molar-refractivity contribution >= 4 is 5.97 Å². The van der Waals surface area contributed by atoms with E-state index in [0.717, 1.165) is 30.6 Å². The summed E-state index contributed by atoms with van der Waals surface area (Å²) in [4.78, 5) is 18.1. The van der Waals surface area contributed by atoms with Crippen molar-refractivity contribution in [3.63, 3.8) is 0 Å². The van der Waals surface area contributed by atoms with E-state index in [1.807, 2.05) is 12.1 Å². The summed E-state index contributed by atoms with van der Waals surface area (Å²) in [6.07, 6.45) is 8.47. The third kappa shape index (κ3) is 12.0. The summed E-state index contributed by atoms with van der Waals surface area (Å²) < 4.78 is 11.5. The number of carbonyl (C=O) groups is 1. The van der Waals surface area contributed by atoms with Crippen molar-refractivity contribution in [3.8, 4) is 5.75 Å². The van der Waals surface area contributed by atoms with E-state index in [1.165, 1.54) is 36.8 Å². The first kappa shape index (κ1) is 33.8. The van der Waals surface area contributed by atoms with Crippen LogP contribution in [0.15, 0.2) is 48.5 Å². The highest BCUT2D eigenvalue weighted by Crippen LogP contribution is 2.26. The third-order valence-electron chi connectivity index (χ3n) is 7.58. The number of hydrogen-bond acceptors (Lipinski definition) is 5. The van der Waals surface area contributed by atoms with Gasteiger partial charge in [0.05, 0.1) is 5.92 Å². The Bertz CT molecular complexity index is 967. The number of rotatable bonds is 17. The predicted molar refractivity (Wildman–Crippen MR) is 164 cm³/mol. The molecular weight excluding hydrogens is 500 g/mol. The molecule has 224 valence electrons. The van der Waals surface area contributed by atoms with Crippen LogP contribution < -0.4 is 4.74 Å². The molecular formula is C35H54O5. The van der Waals surface area contributed by atoms with Gasteiger partial charge in [-0.1, -0.05) is 130 Å². The van der Waals surface area contributed by atoms with Crippen molar-refractivity contribution < 1.29 is 24.4 Å². The molecule has 2 atom stereocenters. The van der Waals surface area contributed by atoms with Gasteiger partial charge in [-0.05, 0) is 46.1 Å². The Morgan fingerprint density at radius 3 is 1.80 bits per heavy atom. The van der Waals surface area contributed by atoms with Crippen molar-refractivity contribution in [2.24, 2.45) is 5.92 Å². The van der Waals surface area contributed by atoms with Crippen molar-refractivity contribution in [1.82, 2.24) is 0 Å². The van der Waals surface area contributed by atoms with Gasteiger partial charge in [-0.3, -0.25) is 10.1 Å². The number of benzene rings is 2. The van der Waals surface area contributed by atoms with Crippen LogP contribution >= 0.6 is 0 Å². The second-order valence-corrected chi connectivity index (χ2v) is 13.1. The van der Waals surface area contributed by atoms with E-state index >= 15 is 0 Å². The van der Waals surface area contributed by atoms with Gasteiger partial charge < -0.3 is 9.47 Å². The van der Waals surface area contributed by atoms with Crippen LogP contribution in [-0.2, 0) is 31.7 Å². The summed E-state index contributed by atoms with van der Waals surface area (Å²) in [6, 6.07) is 16.4. The maximum Gasteiger partial charge on any atom is 0.311 e. The molecule has 2 rings (SSSR count). The molecule has 0 aromatic heterocycles. The van der Waals surface area contributed by atoms with E-state index in [9.17, 15) is 10.1 Å². The molecule has 1 N–H and O–H groups in total. The molecule has 40 heavy (non-hydrogen) atoms. The lowest BCUT2D eigenvalue weighted by Crippen LogP contribution is -2.34. The molecule has 2 aromatic carbocycles. The quantitative estimate of drug-likeness (QED) is 0.0914. The van der Waals surface area contributed by atoms with Crippen LogP contribution in [0.25, 0.3) is 0 Å². The minimum absolute atomic E-state index is 0.0611. The molecule has 0 fully saturated rings. The van der Waals surface area contributed by atoms with Crippen LogP contribution in [0.4, 0.5) is 0 Å². The number of unbranched alkanes of at least 4 members (excludes halogenated alkanes) is 6. The lowest BCUT2D eigenvalue weighted by molar-refractivity contribution is -0.290. The normalized spacial score (nSPS) is 13.6. The highest BCUT2D eigenvalue weighted by Gasteiger charge is 2.31. The predicted octanol–water partition coefficient (Wildman–Crippen LogP) is 9.06. The van der Waals surface area contributed by atoms with Crippen LogP contribution in [0, 0.1) is 5.92 Å². The molecule has 2 unspecified atom stereocenters. The molecule has 0 aliphatic rings. The monoisotopic (exact) mass is 554 g/mol. The average Bonchev–Trinajstić information content (AvgIpc) is 2.91. The molecule has 5 nitrogen and oxygen atoms in total. The van der Waals surface area contributed by atoms with Gasteiger partial charge in [0, 0.05) is 6.42 Å². The van der Waals surface area contributed by atoms with Crippen LogP contribution in [-0.4, -0.2) is 30.5 Å². The minimum atomic E-state index is -0.668. The van der Waals surface area contributed by atoms with Gasteiger partial charge in [0.25, 0.3) is 0 Å². The van der Waals surface area contributed by atoms with Crippen molar-refractivity contribution in [1.29, 1.82) is 0 Å². The first-order chi connectivity index (χ1) is 19.0. The molecule has 0 aliphatic heterocycles. The SMILES string of the molecule is CCCCCCCCCC(C(=O)OCCOc1ccc(C(C)(C)C)cc1)C(Cc1ccc(C(C)(C)C)cc1)OO. The number of ether oxygens (including phenoxy) is 2. The second kappa shape index (κ2) is 16.8. The van der Waals surface area contributed by atoms with Crippen molar-refractivity contribution in [2.75, 3.05) is 13.2 Å². The molecule has 0 heterocycles. The number of carbonyl (C=O) groups excluding carboxylic acids is 1. The molecule has 0 aliphatic carbocycles. The molecule has 0 saturated heterocycles. The zero-order chi connectivity index (χ0) is 29.6. The maximum absolute atomic E-state index is 13.2. The molecule has 0 amide bonds. The van der Waals surface area contributed by atoms with E-state index in [1.54, 1.807) is 0 Å². The molecule has 2 aromatic rings. The Morgan fingerprint density at radius 2 is 1.27 bits per heavy atom. The van der Waals surface area contributed by atoms with Gasteiger partial charge in [-0.15, -0.1) is 0 Å². The van der Waals surface area contributed by atoms with E-state index in [2.05, 4.69) is 84.9 Å². The smallest absolute Gasteiger partial charge is 0.311 e. The minimum Gasteiger partial charge on any atom is -0.490 e. The number of hydrogen-bond donors (Lipinski definition) is 1. The standard InChI is InChI=1S/C35H54O5/c1-8-9-10-11-12-13-14-15-31(32(40-37)26-27-16-18-28(19-17-27)34(2,3)4)33(36)39-25-24-38-30-22-20-29(21-23-30)35(5,6)7/h16-23,31-32,37H,8-15,24-26H2,1-7H3. The molecule has 0 radical (unpaired) electrons. The Morgan fingerprint density at radius 1 is 0.750 bits per heavy atom. The van der Waals surface area contributed by atoms with E-state index in [0.29, 0.717) is 12.8 Å². The highest BCUT2D eigenvalue weighted by molar-refractivity contribution is 5.73. The topological polar surface area (TPSA) is 65.0 Å². The van der Waals surface area contributed by atoms with Gasteiger partial charge in [0.2, 0.25) is 0 Å². The first-order valence-corrected chi connectivity index (χ1v) is 15.2. The molecule has 5 heteroatoms. The third-order valence-corrected chi connectivity index (χ3v) is 7.58. The fourth-order valence-electron chi connectivity index (χ4n) is 4.86. The lowest BCUT2D eigenvalue weighted by Gasteiger charge is -2.24. The van der Waals surface area contributed by atoms with Crippen LogP contribution in [0.5, 0.6) is 5.75 Å². The summed E-state index contributed by atoms with van der Waals surface area (Å²) >= 11 is 0. The maximum atomic E-state index is 13.2. The van der Waals surface area contributed by atoms with Crippen molar-refractivity contribution in [2.45, 2.75) is 123 Å². The summed E-state index contributed by atoms with van der Waals surface area (Å²) in [5.41, 5.74) is 3.64. The van der Waals surface area contributed by atoms with Gasteiger partial charge in [0.1, 0.15) is 25.1 Å². The molecule has 0 saturated carbocycles. The zero-order valence-electron chi connectivity index (χ0n) is 26.1. The summed E-state index contributed by atoms with van der Waals surface area (Å²) in [5.74, 6) is -0.143. The van der Waals surface area contributed by atoms with Crippen LogP contribution in [0.1, 0.15) is 117 Å². The van der Waals surface area contributed by atoms with Crippen LogP contribution in [0.3, 0.4) is 0 Å². The fraction of sp³-hybridized carbons (Fsp3) is 0.629. The Hall–Kier alpha value is -2.37. The average molecular weight is 555 g/mol. The summed E-state index contributed by atoms with van der Waals surface area (Å²) in [5, 5.41) is 9.86.